The number of Topliss-reactive ketones (excluding diaryl/α,β-unsaturated/α-hetero) is 1. The summed E-state index contributed by atoms with van der Waals surface area (Å²) in [5.41, 5.74) is 0. The summed E-state index contributed by atoms with van der Waals surface area (Å²) in [6, 6.07) is 0. The fraction of sp³-hybridized carbons (Fsp3) is 0.923. The van der Waals surface area contributed by atoms with Crippen molar-refractivity contribution in [2.24, 2.45) is 5.92 Å². The van der Waals surface area contributed by atoms with E-state index < -0.39 is 0 Å². The van der Waals surface area contributed by atoms with Crippen LogP contribution in [0, 0.1) is 5.92 Å². The molecule has 0 saturated heterocycles. The smallest absolute Gasteiger partial charge is 0.137 e. The third-order valence-corrected chi connectivity index (χ3v) is 2.31. The summed E-state index contributed by atoms with van der Waals surface area (Å²) in [6.07, 6.45) is 0.484. The van der Waals surface area contributed by atoms with E-state index in [9.17, 15) is 4.79 Å². The molecule has 0 fully saturated rings. The SMILES string of the molecule is COCCOCCOCCOCCC(=O)C(C)C. The molecule has 0 amide bonds. The third-order valence-electron chi connectivity index (χ3n) is 2.31. The molecule has 5 nitrogen and oxygen atoms in total. The summed E-state index contributed by atoms with van der Waals surface area (Å²) in [5.74, 6) is 0.330. The average Bonchev–Trinajstić information content (AvgIpc) is 2.35. The summed E-state index contributed by atoms with van der Waals surface area (Å²) in [7, 11) is 1.64. The second-order valence-electron chi connectivity index (χ2n) is 4.20. The van der Waals surface area contributed by atoms with Gasteiger partial charge in [0, 0.05) is 19.4 Å². The van der Waals surface area contributed by atoms with Crippen molar-refractivity contribution in [1.82, 2.24) is 0 Å². The first-order valence-electron chi connectivity index (χ1n) is 6.43. The Hall–Kier alpha value is -0.490. The lowest BCUT2D eigenvalue weighted by Gasteiger charge is -2.07. The lowest BCUT2D eigenvalue weighted by atomic mass is 10.1. The van der Waals surface area contributed by atoms with E-state index in [1.54, 1.807) is 7.11 Å². The molecule has 0 aromatic rings. The fourth-order valence-corrected chi connectivity index (χ4v) is 1.15. The van der Waals surface area contributed by atoms with Crippen molar-refractivity contribution in [1.29, 1.82) is 0 Å². The van der Waals surface area contributed by atoms with Crippen molar-refractivity contribution in [3.63, 3.8) is 0 Å². The van der Waals surface area contributed by atoms with Gasteiger partial charge in [-0.3, -0.25) is 4.79 Å². The summed E-state index contributed by atoms with van der Waals surface area (Å²) in [4.78, 5) is 11.3. The molecule has 0 heterocycles. The standard InChI is InChI=1S/C13H26O5/c1-12(2)13(14)4-5-16-8-9-18-11-10-17-7-6-15-3/h12H,4-11H2,1-3H3. The molecule has 0 aromatic heterocycles. The molecule has 0 unspecified atom stereocenters. The van der Waals surface area contributed by atoms with Gasteiger partial charge in [0.05, 0.1) is 46.2 Å². The zero-order valence-electron chi connectivity index (χ0n) is 11.8. The van der Waals surface area contributed by atoms with Gasteiger partial charge in [-0.1, -0.05) is 13.8 Å². The van der Waals surface area contributed by atoms with Crippen LogP contribution in [0.15, 0.2) is 0 Å². The van der Waals surface area contributed by atoms with Gasteiger partial charge < -0.3 is 18.9 Å². The van der Waals surface area contributed by atoms with E-state index in [1.807, 2.05) is 13.8 Å². The zero-order valence-corrected chi connectivity index (χ0v) is 11.8. The summed E-state index contributed by atoms with van der Waals surface area (Å²) in [6.45, 7) is 7.63. The van der Waals surface area contributed by atoms with Crippen LogP contribution in [-0.2, 0) is 23.7 Å². The molecule has 0 aliphatic heterocycles. The Balaban J connectivity index is 3.05. The first-order chi connectivity index (χ1) is 8.68. The van der Waals surface area contributed by atoms with Gasteiger partial charge >= 0.3 is 0 Å². The van der Waals surface area contributed by atoms with Gasteiger partial charge in [-0.2, -0.15) is 0 Å². The predicted octanol–water partition coefficient (Wildman–Crippen LogP) is 1.30. The van der Waals surface area contributed by atoms with Crippen LogP contribution in [0.1, 0.15) is 20.3 Å². The molecule has 0 spiro atoms. The van der Waals surface area contributed by atoms with Crippen LogP contribution in [0.2, 0.25) is 0 Å². The van der Waals surface area contributed by atoms with E-state index in [0.717, 1.165) is 0 Å². The normalized spacial score (nSPS) is 11.1. The second-order valence-corrected chi connectivity index (χ2v) is 4.20. The van der Waals surface area contributed by atoms with Crippen LogP contribution in [0.4, 0.5) is 0 Å². The number of hydrogen-bond donors (Lipinski definition) is 0. The molecule has 18 heavy (non-hydrogen) atoms. The van der Waals surface area contributed by atoms with E-state index in [1.165, 1.54) is 0 Å². The van der Waals surface area contributed by atoms with Crippen molar-refractivity contribution in [2.75, 3.05) is 53.4 Å². The molecule has 0 N–H and O–H groups in total. The molecule has 0 aromatic carbocycles. The molecule has 0 rings (SSSR count). The van der Waals surface area contributed by atoms with Gasteiger partial charge in [0.15, 0.2) is 0 Å². The second kappa shape index (κ2) is 13.0. The molecule has 0 saturated carbocycles. The maximum atomic E-state index is 11.3. The van der Waals surface area contributed by atoms with Gasteiger partial charge in [-0.15, -0.1) is 0 Å². The summed E-state index contributed by atoms with van der Waals surface area (Å²) < 4.78 is 20.6. The number of rotatable bonds is 13. The third kappa shape index (κ3) is 12.0. The van der Waals surface area contributed by atoms with E-state index >= 15 is 0 Å². The fourth-order valence-electron chi connectivity index (χ4n) is 1.15. The maximum Gasteiger partial charge on any atom is 0.137 e. The minimum atomic E-state index is 0.0918. The highest BCUT2D eigenvalue weighted by Crippen LogP contribution is 1.98. The van der Waals surface area contributed by atoms with Crippen LogP contribution in [0.5, 0.6) is 0 Å². The first kappa shape index (κ1) is 17.5. The quantitative estimate of drug-likeness (QED) is 0.468. The van der Waals surface area contributed by atoms with E-state index in [-0.39, 0.29) is 11.7 Å². The molecule has 0 aliphatic rings. The summed E-state index contributed by atoms with van der Waals surface area (Å²) in [5, 5.41) is 0. The van der Waals surface area contributed by atoms with Gasteiger partial charge in [0.25, 0.3) is 0 Å². The largest absolute Gasteiger partial charge is 0.382 e. The van der Waals surface area contributed by atoms with Crippen molar-refractivity contribution < 1.29 is 23.7 Å². The predicted molar refractivity (Wildman–Crippen MR) is 68.8 cm³/mol. The summed E-state index contributed by atoms with van der Waals surface area (Å²) >= 11 is 0. The molecule has 0 radical (unpaired) electrons. The van der Waals surface area contributed by atoms with E-state index in [0.29, 0.717) is 52.7 Å². The Kier molecular flexibility index (Phi) is 12.6. The van der Waals surface area contributed by atoms with Crippen LogP contribution in [-0.4, -0.2) is 59.1 Å². The molecule has 0 atom stereocenters. The Morgan fingerprint density at radius 3 is 1.72 bits per heavy atom. The van der Waals surface area contributed by atoms with Gasteiger partial charge in [-0.25, -0.2) is 0 Å². The highest BCUT2D eigenvalue weighted by atomic mass is 16.6. The van der Waals surface area contributed by atoms with Gasteiger partial charge in [0.2, 0.25) is 0 Å². The van der Waals surface area contributed by atoms with Crippen molar-refractivity contribution >= 4 is 5.78 Å². The highest BCUT2D eigenvalue weighted by Gasteiger charge is 2.05. The minimum Gasteiger partial charge on any atom is -0.382 e. The van der Waals surface area contributed by atoms with Crippen LogP contribution < -0.4 is 0 Å². The average molecular weight is 262 g/mol. The molecule has 5 heteroatoms. The van der Waals surface area contributed by atoms with Crippen molar-refractivity contribution in [3.05, 3.63) is 0 Å². The topological polar surface area (TPSA) is 54.0 Å². The highest BCUT2D eigenvalue weighted by molar-refractivity contribution is 5.80. The Morgan fingerprint density at radius 1 is 0.833 bits per heavy atom. The van der Waals surface area contributed by atoms with Crippen molar-refractivity contribution in [2.45, 2.75) is 20.3 Å². The maximum absolute atomic E-state index is 11.3. The van der Waals surface area contributed by atoms with Gasteiger partial charge in [-0.05, 0) is 0 Å². The Morgan fingerprint density at radius 2 is 1.28 bits per heavy atom. The first-order valence-corrected chi connectivity index (χ1v) is 6.43. The Labute approximate surface area is 110 Å². The lowest BCUT2D eigenvalue weighted by Crippen LogP contribution is -2.14. The number of methoxy groups -OCH3 is 1. The Bertz CT molecular complexity index is 194. The van der Waals surface area contributed by atoms with E-state index in [2.05, 4.69) is 0 Å². The molecule has 0 aliphatic carbocycles. The van der Waals surface area contributed by atoms with Gasteiger partial charge in [0.1, 0.15) is 5.78 Å². The molecule has 108 valence electrons. The zero-order chi connectivity index (χ0) is 13.6. The van der Waals surface area contributed by atoms with Crippen LogP contribution in [0.25, 0.3) is 0 Å². The lowest BCUT2D eigenvalue weighted by molar-refractivity contribution is -0.123. The number of carbonyl (C=O) groups is 1. The minimum absolute atomic E-state index is 0.0918. The molecule has 0 bridgehead atoms. The number of ketones is 1. The number of hydrogen-bond acceptors (Lipinski definition) is 5. The number of ether oxygens (including phenoxy) is 4. The number of carbonyl (C=O) groups excluding carboxylic acids is 1. The van der Waals surface area contributed by atoms with E-state index in [4.69, 9.17) is 18.9 Å². The van der Waals surface area contributed by atoms with Crippen molar-refractivity contribution in [3.8, 4) is 0 Å². The van der Waals surface area contributed by atoms with Crippen LogP contribution >= 0.6 is 0 Å². The van der Waals surface area contributed by atoms with Crippen LogP contribution in [0.3, 0.4) is 0 Å². The molecular weight excluding hydrogens is 236 g/mol. The monoisotopic (exact) mass is 262 g/mol. The molecular formula is C13H26O5.